The monoisotopic (exact) mass is 356 g/mol. The molecule has 1 aromatic rings. The molecule has 0 radical (unpaired) electrons. The molecule has 1 aromatic carbocycles. The molecule has 1 aliphatic heterocycles. The molecule has 1 N–H and O–H groups in total. The van der Waals surface area contributed by atoms with Gasteiger partial charge in [-0.15, -0.1) is 0 Å². The summed E-state index contributed by atoms with van der Waals surface area (Å²) in [5, 5.41) is 9.98. The van der Waals surface area contributed by atoms with Gasteiger partial charge in [0.15, 0.2) is 11.5 Å². The van der Waals surface area contributed by atoms with Crippen LogP contribution in [0.15, 0.2) is 12.1 Å². The second-order valence-electron chi connectivity index (χ2n) is 6.51. The number of hydrogen-bond acceptors (Lipinski definition) is 5. The lowest BCUT2D eigenvalue weighted by molar-refractivity contribution is 0.0349. The van der Waals surface area contributed by atoms with Crippen LogP contribution in [0.5, 0.6) is 11.5 Å². The maximum absolute atomic E-state index is 9.37. The Kier molecular flexibility index (Phi) is 7.16. The molecule has 1 heterocycles. The molecule has 1 saturated heterocycles. The zero-order chi connectivity index (χ0) is 17.7. The Hall–Kier alpha value is -1.01. The Morgan fingerprint density at radius 2 is 2.00 bits per heavy atom. The number of benzene rings is 1. The highest BCUT2D eigenvalue weighted by Crippen LogP contribution is 2.37. The van der Waals surface area contributed by atoms with Gasteiger partial charge < -0.3 is 14.6 Å². The van der Waals surface area contributed by atoms with Gasteiger partial charge in [0.25, 0.3) is 0 Å². The van der Waals surface area contributed by atoms with E-state index in [4.69, 9.17) is 21.1 Å². The van der Waals surface area contributed by atoms with Crippen LogP contribution in [0, 0.1) is 0 Å². The largest absolute Gasteiger partial charge is 0.493 e. The lowest BCUT2D eigenvalue weighted by atomic mass is 10.1. The zero-order valence-electron chi connectivity index (χ0n) is 15.1. The molecular formula is C18H29ClN2O3. The van der Waals surface area contributed by atoms with Crippen molar-refractivity contribution in [1.82, 2.24) is 9.80 Å². The van der Waals surface area contributed by atoms with Crippen molar-refractivity contribution in [3.05, 3.63) is 22.7 Å². The van der Waals surface area contributed by atoms with Crippen molar-refractivity contribution in [3.63, 3.8) is 0 Å². The Morgan fingerprint density at radius 1 is 1.25 bits per heavy atom. The highest BCUT2D eigenvalue weighted by molar-refractivity contribution is 6.33. The van der Waals surface area contributed by atoms with Gasteiger partial charge in [0.2, 0.25) is 0 Å². The number of aliphatic hydroxyl groups excluding tert-OH is 1. The van der Waals surface area contributed by atoms with E-state index >= 15 is 0 Å². The van der Waals surface area contributed by atoms with E-state index in [1.165, 1.54) is 0 Å². The molecule has 24 heavy (non-hydrogen) atoms. The highest BCUT2D eigenvalue weighted by Gasteiger charge is 2.28. The van der Waals surface area contributed by atoms with Crippen LogP contribution in [0.1, 0.15) is 25.8 Å². The third-order valence-corrected chi connectivity index (χ3v) is 5.11. The SMILES string of the molecule is COc1ccc(CN2CCN(C(C)C)[C@H](CCO)C2)c(Cl)c1OC. The molecule has 1 fully saturated rings. The fourth-order valence-electron chi connectivity index (χ4n) is 3.46. The molecule has 0 amide bonds. The maximum Gasteiger partial charge on any atom is 0.179 e. The van der Waals surface area contributed by atoms with E-state index in [-0.39, 0.29) is 6.61 Å². The van der Waals surface area contributed by atoms with Crippen molar-refractivity contribution < 1.29 is 14.6 Å². The van der Waals surface area contributed by atoms with Crippen LogP contribution in [0.3, 0.4) is 0 Å². The van der Waals surface area contributed by atoms with Crippen molar-refractivity contribution in [2.45, 2.75) is 38.9 Å². The van der Waals surface area contributed by atoms with Crippen LogP contribution in [-0.4, -0.2) is 67.5 Å². The van der Waals surface area contributed by atoms with Crippen molar-refractivity contribution in [1.29, 1.82) is 0 Å². The number of rotatable bonds is 7. The van der Waals surface area contributed by atoms with E-state index in [0.29, 0.717) is 28.6 Å². The minimum atomic E-state index is 0.221. The number of nitrogens with zero attached hydrogens (tertiary/aromatic N) is 2. The molecule has 0 unspecified atom stereocenters. The molecule has 1 atom stereocenters. The van der Waals surface area contributed by atoms with Gasteiger partial charge in [0.05, 0.1) is 19.2 Å². The van der Waals surface area contributed by atoms with Crippen LogP contribution in [0.25, 0.3) is 0 Å². The molecule has 0 bridgehead atoms. The summed E-state index contributed by atoms with van der Waals surface area (Å²) >= 11 is 6.51. The second kappa shape index (κ2) is 8.90. The molecule has 136 valence electrons. The normalized spacial score (nSPS) is 19.7. The Balaban J connectivity index is 2.11. The smallest absolute Gasteiger partial charge is 0.179 e. The van der Waals surface area contributed by atoms with Gasteiger partial charge in [-0.3, -0.25) is 9.80 Å². The van der Waals surface area contributed by atoms with E-state index in [9.17, 15) is 5.11 Å². The fraction of sp³-hybridized carbons (Fsp3) is 0.667. The summed E-state index contributed by atoms with van der Waals surface area (Å²) < 4.78 is 10.7. The van der Waals surface area contributed by atoms with Crippen LogP contribution in [0.4, 0.5) is 0 Å². The van der Waals surface area contributed by atoms with Crippen molar-refractivity contribution >= 4 is 11.6 Å². The minimum absolute atomic E-state index is 0.221. The minimum Gasteiger partial charge on any atom is -0.493 e. The topological polar surface area (TPSA) is 45.2 Å². The molecule has 0 saturated carbocycles. The summed E-state index contributed by atoms with van der Waals surface area (Å²) in [6.07, 6.45) is 0.800. The van der Waals surface area contributed by atoms with E-state index in [2.05, 4.69) is 23.6 Å². The first kappa shape index (κ1) is 19.3. The maximum atomic E-state index is 9.37. The third-order valence-electron chi connectivity index (χ3n) is 4.70. The number of piperazine rings is 1. The second-order valence-corrected chi connectivity index (χ2v) is 6.88. The first-order valence-corrected chi connectivity index (χ1v) is 8.87. The summed E-state index contributed by atoms with van der Waals surface area (Å²) in [5.41, 5.74) is 1.04. The predicted octanol–water partition coefficient (Wildman–Crippen LogP) is 2.63. The van der Waals surface area contributed by atoms with Gasteiger partial charge in [-0.25, -0.2) is 0 Å². The summed E-state index contributed by atoms with van der Waals surface area (Å²) in [6.45, 7) is 8.35. The van der Waals surface area contributed by atoms with E-state index in [0.717, 1.165) is 38.2 Å². The lowest BCUT2D eigenvalue weighted by Crippen LogP contribution is -2.55. The summed E-state index contributed by atoms with van der Waals surface area (Å²) in [4.78, 5) is 4.87. The van der Waals surface area contributed by atoms with Gasteiger partial charge in [-0.05, 0) is 31.9 Å². The number of methoxy groups -OCH3 is 2. The molecule has 6 heteroatoms. The number of ether oxygens (including phenoxy) is 2. The fourth-order valence-corrected chi connectivity index (χ4v) is 3.75. The van der Waals surface area contributed by atoms with E-state index in [1.54, 1.807) is 14.2 Å². The van der Waals surface area contributed by atoms with Crippen LogP contribution in [-0.2, 0) is 6.54 Å². The molecule has 0 aliphatic carbocycles. The highest BCUT2D eigenvalue weighted by atomic mass is 35.5. The molecule has 0 spiro atoms. The molecule has 5 nitrogen and oxygen atoms in total. The van der Waals surface area contributed by atoms with Gasteiger partial charge in [-0.2, -0.15) is 0 Å². The quantitative estimate of drug-likeness (QED) is 0.813. The Bertz CT molecular complexity index is 539. The molecule has 2 rings (SSSR count). The molecular weight excluding hydrogens is 328 g/mol. The van der Waals surface area contributed by atoms with E-state index in [1.807, 2.05) is 12.1 Å². The number of halogens is 1. The van der Waals surface area contributed by atoms with Gasteiger partial charge >= 0.3 is 0 Å². The van der Waals surface area contributed by atoms with Gasteiger partial charge in [-0.1, -0.05) is 17.7 Å². The summed E-state index contributed by atoms with van der Waals surface area (Å²) in [7, 11) is 3.21. The average molecular weight is 357 g/mol. The Labute approximate surface area is 150 Å². The molecule has 0 aromatic heterocycles. The van der Waals surface area contributed by atoms with Crippen molar-refractivity contribution in [3.8, 4) is 11.5 Å². The first-order chi connectivity index (χ1) is 11.5. The third kappa shape index (κ3) is 4.33. The zero-order valence-corrected chi connectivity index (χ0v) is 15.8. The standard InChI is InChI=1S/C18H29ClN2O3/c1-13(2)21-9-8-20(12-15(21)7-10-22)11-14-5-6-16(23-3)18(24-4)17(14)19/h5-6,13,15,22H,7-12H2,1-4H3/t15-/m1/s1. The van der Waals surface area contributed by atoms with Crippen LogP contribution in [0.2, 0.25) is 5.02 Å². The van der Waals surface area contributed by atoms with Gasteiger partial charge in [0, 0.05) is 44.9 Å². The van der Waals surface area contributed by atoms with Crippen molar-refractivity contribution in [2.75, 3.05) is 40.5 Å². The lowest BCUT2D eigenvalue weighted by Gasteiger charge is -2.43. The van der Waals surface area contributed by atoms with E-state index < -0.39 is 0 Å². The number of aliphatic hydroxyl groups is 1. The predicted molar refractivity (Wildman–Crippen MR) is 97.2 cm³/mol. The van der Waals surface area contributed by atoms with Crippen LogP contribution < -0.4 is 9.47 Å². The summed E-state index contributed by atoms with van der Waals surface area (Å²) in [5.74, 6) is 1.23. The van der Waals surface area contributed by atoms with Gasteiger partial charge in [0.1, 0.15) is 0 Å². The average Bonchev–Trinajstić information content (AvgIpc) is 2.56. The summed E-state index contributed by atoms with van der Waals surface area (Å²) in [6, 6.07) is 4.77. The van der Waals surface area contributed by atoms with Crippen LogP contribution >= 0.6 is 11.6 Å². The molecule has 1 aliphatic rings. The van der Waals surface area contributed by atoms with Crippen molar-refractivity contribution in [2.24, 2.45) is 0 Å². The number of hydrogen-bond donors (Lipinski definition) is 1. The Morgan fingerprint density at radius 3 is 2.58 bits per heavy atom. The first-order valence-electron chi connectivity index (χ1n) is 8.50.